The van der Waals surface area contributed by atoms with Crippen LogP contribution < -0.4 is 0 Å². The van der Waals surface area contributed by atoms with E-state index in [4.69, 9.17) is 10.1 Å². The zero-order valence-electron chi connectivity index (χ0n) is 20.1. The van der Waals surface area contributed by atoms with Crippen LogP contribution in [0.4, 0.5) is 0 Å². The van der Waals surface area contributed by atoms with Gasteiger partial charge in [-0.15, -0.1) is 0 Å². The predicted molar refractivity (Wildman–Crippen MR) is 128 cm³/mol. The predicted octanol–water partition coefficient (Wildman–Crippen LogP) is 6.56. The molecule has 1 aliphatic carbocycles. The Morgan fingerprint density at radius 1 is 1.00 bits per heavy atom. The fourth-order valence-electron chi connectivity index (χ4n) is 5.65. The fraction of sp³-hybridized carbons (Fsp3) is 0.519. The van der Waals surface area contributed by atoms with Gasteiger partial charge in [-0.05, 0) is 49.3 Å². The van der Waals surface area contributed by atoms with Gasteiger partial charge in [0.1, 0.15) is 0 Å². The first-order chi connectivity index (χ1) is 14.5. The average Bonchev–Trinajstić information content (AvgIpc) is 3.09. The van der Waals surface area contributed by atoms with Gasteiger partial charge in [-0.2, -0.15) is 5.10 Å². The van der Waals surface area contributed by atoms with Crippen LogP contribution in [-0.4, -0.2) is 19.7 Å². The van der Waals surface area contributed by atoms with E-state index in [1.807, 2.05) is 17.9 Å². The van der Waals surface area contributed by atoms with Crippen molar-refractivity contribution in [2.75, 3.05) is 0 Å². The van der Waals surface area contributed by atoms with Crippen LogP contribution in [0.2, 0.25) is 0 Å². The molecule has 0 amide bonds. The highest BCUT2D eigenvalue weighted by atomic mass is 15.3. The number of aryl methyl sites for hydroxylation is 1. The highest BCUT2D eigenvalue weighted by Gasteiger charge is 2.36. The van der Waals surface area contributed by atoms with E-state index < -0.39 is 0 Å². The van der Waals surface area contributed by atoms with Gasteiger partial charge in [0.05, 0.1) is 11.4 Å². The van der Waals surface area contributed by atoms with Crippen LogP contribution in [0, 0.1) is 11.8 Å². The molecule has 31 heavy (non-hydrogen) atoms. The van der Waals surface area contributed by atoms with E-state index in [1.165, 1.54) is 30.7 Å². The van der Waals surface area contributed by atoms with Crippen LogP contribution in [0.1, 0.15) is 72.2 Å². The molecular weight excluding hydrogens is 380 g/mol. The molecule has 0 saturated heterocycles. The van der Waals surface area contributed by atoms with Crippen molar-refractivity contribution < 1.29 is 0 Å². The second kappa shape index (κ2) is 7.89. The van der Waals surface area contributed by atoms with Gasteiger partial charge in [-0.1, -0.05) is 59.7 Å². The van der Waals surface area contributed by atoms with Crippen molar-refractivity contribution in [2.24, 2.45) is 18.9 Å². The molecule has 164 valence electrons. The summed E-state index contributed by atoms with van der Waals surface area (Å²) < 4.78 is 1.99. The Morgan fingerprint density at radius 2 is 1.68 bits per heavy atom. The minimum Gasteiger partial charge on any atom is -0.272 e. The van der Waals surface area contributed by atoms with Gasteiger partial charge < -0.3 is 0 Å². The number of hydrogen-bond acceptors (Lipinski definition) is 3. The van der Waals surface area contributed by atoms with Crippen LogP contribution in [0.5, 0.6) is 0 Å². The summed E-state index contributed by atoms with van der Waals surface area (Å²) in [7, 11) is 2.02. The second-order valence-electron chi connectivity index (χ2n) is 11.0. The van der Waals surface area contributed by atoms with Crippen molar-refractivity contribution in [1.82, 2.24) is 19.7 Å². The lowest BCUT2D eigenvalue weighted by Crippen LogP contribution is -2.33. The third kappa shape index (κ3) is 4.44. The van der Waals surface area contributed by atoms with Gasteiger partial charge >= 0.3 is 0 Å². The lowest BCUT2D eigenvalue weighted by molar-refractivity contribution is 0.190. The molecule has 2 heterocycles. The summed E-state index contributed by atoms with van der Waals surface area (Å²) in [5.41, 5.74) is 5.71. The minimum absolute atomic E-state index is 0.0543. The molecule has 0 bridgehead atoms. The van der Waals surface area contributed by atoms with Crippen LogP contribution >= 0.6 is 0 Å². The smallest absolute Gasteiger partial charge is 0.159 e. The molecule has 1 aliphatic rings. The molecule has 0 N–H and O–H groups in total. The molecule has 0 spiro atoms. The number of benzene rings is 1. The summed E-state index contributed by atoms with van der Waals surface area (Å²) in [4.78, 5) is 9.70. The standard InChI is InChI=1S/C27H36N4/c1-18-13-19(2)17-27(6,16-18)23-11-12-28-25(29-23)21-10-8-9-20(14-21)22-15-24(26(3,4)5)31(7)30-22/h8-12,14-15,18-19H,13,16-17H2,1-7H3. The fourth-order valence-corrected chi connectivity index (χ4v) is 5.65. The highest BCUT2D eigenvalue weighted by molar-refractivity contribution is 5.68. The topological polar surface area (TPSA) is 43.6 Å². The summed E-state index contributed by atoms with van der Waals surface area (Å²) in [6, 6.07) is 12.8. The van der Waals surface area contributed by atoms with Crippen LogP contribution in [-0.2, 0) is 17.9 Å². The van der Waals surface area contributed by atoms with Crippen molar-refractivity contribution in [3.8, 4) is 22.6 Å². The molecule has 2 aromatic heterocycles. The Labute approximate surface area is 187 Å². The molecular formula is C27H36N4. The first kappa shape index (κ1) is 21.7. The normalized spacial score (nSPS) is 24.4. The Balaban J connectivity index is 1.69. The molecule has 0 aliphatic heterocycles. The molecule has 2 atom stereocenters. The first-order valence-electron chi connectivity index (χ1n) is 11.5. The van der Waals surface area contributed by atoms with Crippen molar-refractivity contribution in [3.05, 3.63) is 54.0 Å². The molecule has 0 radical (unpaired) electrons. The van der Waals surface area contributed by atoms with Gasteiger partial charge in [0, 0.05) is 40.9 Å². The average molecular weight is 417 g/mol. The monoisotopic (exact) mass is 416 g/mol. The van der Waals surface area contributed by atoms with E-state index >= 15 is 0 Å². The molecule has 2 unspecified atom stereocenters. The van der Waals surface area contributed by atoms with E-state index in [2.05, 4.69) is 82.9 Å². The maximum absolute atomic E-state index is 5.07. The summed E-state index contributed by atoms with van der Waals surface area (Å²) in [6.45, 7) is 13.8. The number of nitrogens with zero attached hydrogens (tertiary/aromatic N) is 4. The molecule has 1 fully saturated rings. The number of hydrogen-bond donors (Lipinski definition) is 0. The Morgan fingerprint density at radius 3 is 2.32 bits per heavy atom. The molecule has 3 aromatic rings. The zero-order chi connectivity index (χ0) is 22.4. The van der Waals surface area contributed by atoms with Crippen LogP contribution in [0.25, 0.3) is 22.6 Å². The molecule has 1 aromatic carbocycles. The van der Waals surface area contributed by atoms with E-state index in [1.54, 1.807) is 0 Å². The molecule has 1 saturated carbocycles. The lowest BCUT2D eigenvalue weighted by Gasteiger charge is -2.40. The van der Waals surface area contributed by atoms with Gasteiger partial charge in [0.2, 0.25) is 0 Å². The zero-order valence-corrected chi connectivity index (χ0v) is 20.1. The van der Waals surface area contributed by atoms with Crippen molar-refractivity contribution in [2.45, 2.75) is 71.6 Å². The number of aromatic nitrogens is 4. The molecule has 4 heteroatoms. The van der Waals surface area contributed by atoms with Crippen molar-refractivity contribution in [3.63, 3.8) is 0 Å². The summed E-state index contributed by atoms with van der Waals surface area (Å²) >= 11 is 0. The summed E-state index contributed by atoms with van der Waals surface area (Å²) in [5, 5.41) is 4.78. The van der Waals surface area contributed by atoms with Crippen molar-refractivity contribution >= 4 is 0 Å². The lowest BCUT2D eigenvalue weighted by atomic mass is 9.66. The first-order valence-corrected chi connectivity index (χ1v) is 11.5. The maximum Gasteiger partial charge on any atom is 0.159 e. The molecule has 4 rings (SSSR count). The van der Waals surface area contributed by atoms with E-state index in [-0.39, 0.29) is 10.8 Å². The van der Waals surface area contributed by atoms with Gasteiger partial charge in [0.15, 0.2) is 5.82 Å². The maximum atomic E-state index is 5.07. The third-order valence-electron chi connectivity index (χ3n) is 6.74. The van der Waals surface area contributed by atoms with Crippen molar-refractivity contribution in [1.29, 1.82) is 0 Å². The quantitative estimate of drug-likeness (QED) is 0.486. The van der Waals surface area contributed by atoms with Gasteiger partial charge in [0.25, 0.3) is 0 Å². The van der Waals surface area contributed by atoms with Gasteiger partial charge in [-0.3, -0.25) is 4.68 Å². The van der Waals surface area contributed by atoms with E-state index in [0.29, 0.717) is 0 Å². The minimum atomic E-state index is 0.0543. The second-order valence-corrected chi connectivity index (χ2v) is 11.0. The molecule has 4 nitrogen and oxygen atoms in total. The largest absolute Gasteiger partial charge is 0.272 e. The highest BCUT2D eigenvalue weighted by Crippen LogP contribution is 2.43. The van der Waals surface area contributed by atoms with Gasteiger partial charge in [-0.25, -0.2) is 9.97 Å². The van der Waals surface area contributed by atoms with E-state index in [9.17, 15) is 0 Å². The van der Waals surface area contributed by atoms with E-state index in [0.717, 1.165) is 34.5 Å². The Bertz CT molecular complexity index is 1060. The summed E-state index contributed by atoms with van der Waals surface area (Å²) in [6.07, 6.45) is 5.63. The third-order valence-corrected chi connectivity index (χ3v) is 6.74. The SMILES string of the molecule is CC1CC(C)CC(C)(c2ccnc(-c3cccc(-c4cc(C(C)(C)C)n(C)n4)c3)n2)C1. The summed E-state index contributed by atoms with van der Waals surface area (Å²) in [5.74, 6) is 2.27. The Hall–Kier alpha value is -2.49. The number of rotatable bonds is 3. The van der Waals surface area contributed by atoms with Crippen LogP contribution in [0.3, 0.4) is 0 Å². The Kier molecular flexibility index (Phi) is 5.53. The van der Waals surface area contributed by atoms with Crippen LogP contribution in [0.15, 0.2) is 42.6 Å².